The molecule has 1 unspecified atom stereocenters. The average molecular weight is 420 g/mol. The number of amides is 1. The Morgan fingerprint density at radius 2 is 1.90 bits per heavy atom. The number of hydrogen-bond donors (Lipinski definition) is 1. The van der Waals surface area contributed by atoms with Crippen molar-refractivity contribution < 1.29 is 13.9 Å². The molecular weight excluding hydrogens is 400 g/mol. The lowest BCUT2D eigenvalue weighted by atomic mass is 10.1. The first kappa shape index (κ1) is 19.8. The fraction of sp³-hybridized carbons (Fsp3) is 0.174. The molecule has 0 aliphatic rings. The van der Waals surface area contributed by atoms with E-state index in [-0.39, 0.29) is 5.91 Å². The molecule has 0 fully saturated rings. The summed E-state index contributed by atoms with van der Waals surface area (Å²) in [7, 11) is 0. The monoisotopic (exact) mass is 420 g/mol. The first-order valence-electron chi connectivity index (χ1n) is 9.45. The Morgan fingerprint density at radius 1 is 1.13 bits per heavy atom. The lowest BCUT2D eigenvalue weighted by Crippen LogP contribution is -2.30. The summed E-state index contributed by atoms with van der Waals surface area (Å²) in [5.41, 5.74) is 2.69. The van der Waals surface area contributed by atoms with Gasteiger partial charge in [0.2, 0.25) is 0 Å². The molecule has 1 amide bonds. The molecule has 152 valence electrons. The number of fused-ring (bicyclic) bond motifs is 1. The molecule has 2 heterocycles. The summed E-state index contributed by atoms with van der Waals surface area (Å²) >= 11 is 1.42. The van der Waals surface area contributed by atoms with Crippen LogP contribution in [0.5, 0.6) is 5.75 Å². The highest BCUT2D eigenvalue weighted by atomic mass is 32.1. The molecule has 0 saturated heterocycles. The molecule has 0 saturated carbocycles. The van der Waals surface area contributed by atoms with Gasteiger partial charge in [-0.1, -0.05) is 30.3 Å². The van der Waals surface area contributed by atoms with Crippen molar-refractivity contribution in [1.82, 2.24) is 4.98 Å². The van der Waals surface area contributed by atoms with Crippen LogP contribution >= 0.6 is 11.3 Å². The molecule has 6 nitrogen and oxygen atoms in total. The van der Waals surface area contributed by atoms with Crippen LogP contribution in [0.4, 0.5) is 5.13 Å². The van der Waals surface area contributed by atoms with Gasteiger partial charge in [0, 0.05) is 28.0 Å². The molecule has 7 heteroatoms. The molecule has 0 aliphatic heterocycles. The number of nitrogens with zero attached hydrogens (tertiary/aromatic N) is 1. The van der Waals surface area contributed by atoms with E-state index in [1.807, 2.05) is 50.2 Å². The molecule has 0 radical (unpaired) electrons. The van der Waals surface area contributed by atoms with Crippen LogP contribution < -0.4 is 15.7 Å². The van der Waals surface area contributed by atoms with Gasteiger partial charge >= 0.3 is 5.63 Å². The van der Waals surface area contributed by atoms with Gasteiger partial charge in [-0.3, -0.25) is 10.1 Å². The molecule has 0 aliphatic carbocycles. The lowest BCUT2D eigenvalue weighted by Gasteiger charge is -2.14. The molecule has 2 aromatic heterocycles. The van der Waals surface area contributed by atoms with Crippen molar-refractivity contribution >= 4 is 33.3 Å². The lowest BCUT2D eigenvalue weighted by molar-refractivity contribution is -0.122. The number of aromatic nitrogens is 1. The van der Waals surface area contributed by atoms with Crippen molar-refractivity contribution in [2.75, 3.05) is 5.32 Å². The molecule has 1 N–H and O–H groups in total. The summed E-state index contributed by atoms with van der Waals surface area (Å²) in [5, 5.41) is 4.16. The van der Waals surface area contributed by atoms with E-state index in [1.165, 1.54) is 17.4 Å². The molecule has 2 aromatic carbocycles. The van der Waals surface area contributed by atoms with E-state index in [0.717, 1.165) is 27.1 Å². The summed E-state index contributed by atoms with van der Waals surface area (Å²) in [6, 6.07) is 16.5. The van der Waals surface area contributed by atoms with Crippen molar-refractivity contribution in [3.63, 3.8) is 0 Å². The van der Waals surface area contributed by atoms with Gasteiger partial charge in [-0.15, -0.1) is 11.3 Å². The largest absolute Gasteiger partial charge is 0.481 e. The van der Waals surface area contributed by atoms with E-state index < -0.39 is 11.7 Å². The second-order valence-electron chi connectivity index (χ2n) is 6.95. The second kappa shape index (κ2) is 8.12. The van der Waals surface area contributed by atoms with Gasteiger partial charge in [-0.2, -0.15) is 0 Å². The normalized spacial score (nSPS) is 12.0. The maximum Gasteiger partial charge on any atom is 0.336 e. The zero-order chi connectivity index (χ0) is 21.3. The van der Waals surface area contributed by atoms with E-state index in [1.54, 1.807) is 19.1 Å². The third-order valence-corrected chi connectivity index (χ3v) is 5.57. The van der Waals surface area contributed by atoms with Gasteiger partial charge in [-0.25, -0.2) is 9.78 Å². The number of anilines is 1. The van der Waals surface area contributed by atoms with Crippen LogP contribution in [0.2, 0.25) is 0 Å². The van der Waals surface area contributed by atoms with Crippen molar-refractivity contribution in [3.8, 4) is 17.0 Å². The van der Waals surface area contributed by atoms with Gasteiger partial charge < -0.3 is 9.15 Å². The Morgan fingerprint density at radius 3 is 2.67 bits per heavy atom. The second-order valence-corrected chi connectivity index (χ2v) is 8.15. The number of thiazole rings is 1. The molecule has 4 aromatic rings. The molecule has 1 atom stereocenters. The summed E-state index contributed by atoms with van der Waals surface area (Å²) in [6.07, 6.45) is -0.761. The van der Waals surface area contributed by atoms with Crippen LogP contribution in [0.1, 0.15) is 17.4 Å². The maximum atomic E-state index is 12.6. The van der Waals surface area contributed by atoms with E-state index in [4.69, 9.17) is 9.15 Å². The van der Waals surface area contributed by atoms with Gasteiger partial charge in [0.15, 0.2) is 11.2 Å². The van der Waals surface area contributed by atoms with Crippen molar-refractivity contribution in [1.29, 1.82) is 0 Å². The molecule has 4 rings (SSSR count). The van der Waals surface area contributed by atoms with Crippen molar-refractivity contribution in [3.05, 3.63) is 75.5 Å². The SMILES string of the molecule is Cc1sc(NC(=O)C(C)Oc2ccc3c(C)cc(=O)oc3c2)nc1-c1ccccc1. The van der Waals surface area contributed by atoms with Gasteiger partial charge in [0.1, 0.15) is 11.3 Å². The highest BCUT2D eigenvalue weighted by Crippen LogP contribution is 2.30. The maximum absolute atomic E-state index is 12.6. The zero-order valence-corrected chi connectivity index (χ0v) is 17.6. The number of benzene rings is 2. The number of hydrogen-bond acceptors (Lipinski definition) is 6. The van der Waals surface area contributed by atoms with Crippen molar-refractivity contribution in [2.45, 2.75) is 26.9 Å². The number of carbonyl (C=O) groups excluding carboxylic acids is 1. The Kier molecular flexibility index (Phi) is 5.37. The number of carbonyl (C=O) groups is 1. The topological polar surface area (TPSA) is 81.4 Å². The smallest absolute Gasteiger partial charge is 0.336 e. The minimum atomic E-state index is -0.761. The highest BCUT2D eigenvalue weighted by molar-refractivity contribution is 7.16. The molecule has 0 spiro atoms. The third kappa shape index (κ3) is 4.11. The Balaban J connectivity index is 1.48. The minimum Gasteiger partial charge on any atom is -0.481 e. The Hall–Kier alpha value is -3.45. The average Bonchev–Trinajstić information content (AvgIpc) is 3.08. The van der Waals surface area contributed by atoms with Crippen LogP contribution in [0.25, 0.3) is 22.2 Å². The number of rotatable bonds is 5. The van der Waals surface area contributed by atoms with Gasteiger partial charge in [0.25, 0.3) is 5.91 Å². The third-order valence-electron chi connectivity index (χ3n) is 4.68. The Labute approximate surface area is 177 Å². The predicted molar refractivity (Wildman–Crippen MR) is 118 cm³/mol. The van der Waals surface area contributed by atoms with E-state index in [0.29, 0.717) is 16.5 Å². The quantitative estimate of drug-likeness (QED) is 0.463. The van der Waals surface area contributed by atoms with Crippen LogP contribution in [0.3, 0.4) is 0 Å². The Bertz CT molecular complexity index is 1280. The van der Waals surface area contributed by atoms with E-state index >= 15 is 0 Å². The fourth-order valence-electron chi connectivity index (χ4n) is 3.16. The summed E-state index contributed by atoms with van der Waals surface area (Å²) in [4.78, 5) is 29.8. The summed E-state index contributed by atoms with van der Waals surface area (Å²) in [5.74, 6) is 0.133. The fourth-order valence-corrected chi connectivity index (χ4v) is 4.00. The van der Waals surface area contributed by atoms with Gasteiger partial charge in [-0.05, 0) is 38.5 Å². The van der Waals surface area contributed by atoms with Crippen LogP contribution in [0, 0.1) is 13.8 Å². The predicted octanol–water partition coefficient (Wildman–Crippen LogP) is 4.94. The first-order chi connectivity index (χ1) is 14.4. The van der Waals surface area contributed by atoms with Crippen LogP contribution in [-0.2, 0) is 4.79 Å². The minimum absolute atomic E-state index is 0.311. The van der Waals surface area contributed by atoms with Crippen LogP contribution in [-0.4, -0.2) is 17.0 Å². The van der Waals surface area contributed by atoms with E-state index in [2.05, 4.69) is 10.3 Å². The highest BCUT2D eigenvalue weighted by Gasteiger charge is 2.18. The zero-order valence-electron chi connectivity index (χ0n) is 16.8. The molecule has 0 bridgehead atoms. The van der Waals surface area contributed by atoms with E-state index in [9.17, 15) is 9.59 Å². The molecular formula is C23H20N2O4S. The number of aryl methyl sites for hydroxylation is 2. The summed E-state index contributed by atoms with van der Waals surface area (Å²) < 4.78 is 11.0. The van der Waals surface area contributed by atoms with Crippen molar-refractivity contribution in [2.24, 2.45) is 0 Å². The number of nitrogens with one attached hydrogen (secondary N) is 1. The standard InChI is InChI=1S/C23H20N2O4S/c1-13-11-20(26)29-19-12-17(9-10-18(13)19)28-14(2)22(27)25-23-24-21(15(3)30-23)16-7-5-4-6-8-16/h4-12,14H,1-3H3,(H,24,25,27). The van der Waals surface area contributed by atoms with Gasteiger partial charge in [0.05, 0.1) is 5.69 Å². The van der Waals surface area contributed by atoms with Crippen LogP contribution in [0.15, 0.2) is 63.8 Å². The molecule has 30 heavy (non-hydrogen) atoms. The first-order valence-corrected chi connectivity index (χ1v) is 10.3. The summed E-state index contributed by atoms with van der Waals surface area (Å²) in [6.45, 7) is 5.47. The number of ether oxygens (including phenoxy) is 1.